The number of ether oxygens (including phenoxy) is 1. The van der Waals surface area contributed by atoms with Gasteiger partial charge in [-0.1, -0.05) is 25.1 Å². The Balaban J connectivity index is 2.06. The summed E-state index contributed by atoms with van der Waals surface area (Å²) in [5.74, 6) is 0.138. The number of anilines is 1. The van der Waals surface area contributed by atoms with Crippen molar-refractivity contribution in [3.8, 4) is 5.75 Å². The minimum Gasteiger partial charge on any atom is -0.493 e. The van der Waals surface area contributed by atoms with Crippen molar-refractivity contribution in [1.29, 1.82) is 0 Å². The molecule has 0 bridgehead atoms. The Morgan fingerprint density at radius 1 is 1.43 bits per heavy atom. The van der Waals surface area contributed by atoms with Gasteiger partial charge in [0.1, 0.15) is 17.4 Å². The minimum atomic E-state index is -0.479. The number of carbonyl (C=O) groups excluding carboxylic acids is 1. The standard InChI is InChI=1S/C17H16BrFN2O2/c1-2-9-23-15-6-4-3-5-12(15)7-8-16(22)21-17-14(18)10-13(19)11-20-17/h3-8,10-11H,2,9H2,1H3,(H,20,21,22)/b8-7+. The highest BCUT2D eigenvalue weighted by molar-refractivity contribution is 9.10. The maximum absolute atomic E-state index is 13.0. The minimum absolute atomic E-state index is 0.261. The maximum atomic E-state index is 13.0. The van der Waals surface area contributed by atoms with Crippen molar-refractivity contribution >= 4 is 33.7 Å². The summed E-state index contributed by atoms with van der Waals surface area (Å²) in [4.78, 5) is 15.8. The molecule has 2 rings (SSSR count). The quantitative estimate of drug-likeness (QED) is 0.756. The van der Waals surface area contributed by atoms with Crippen LogP contribution in [-0.4, -0.2) is 17.5 Å². The second kappa shape index (κ2) is 8.43. The second-order valence-corrected chi connectivity index (χ2v) is 5.55. The van der Waals surface area contributed by atoms with Gasteiger partial charge in [-0.25, -0.2) is 9.37 Å². The number of hydrogen-bond donors (Lipinski definition) is 1. The van der Waals surface area contributed by atoms with E-state index in [0.717, 1.165) is 23.9 Å². The average molecular weight is 379 g/mol. The summed E-state index contributed by atoms with van der Waals surface area (Å²) in [7, 11) is 0. The number of benzene rings is 1. The molecule has 0 atom stereocenters. The van der Waals surface area contributed by atoms with Crippen molar-refractivity contribution < 1.29 is 13.9 Å². The summed E-state index contributed by atoms with van der Waals surface area (Å²) in [6.45, 7) is 2.64. The molecule has 0 unspecified atom stereocenters. The summed E-state index contributed by atoms with van der Waals surface area (Å²) >= 11 is 3.15. The molecule has 0 saturated carbocycles. The highest BCUT2D eigenvalue weighted by Crippen LogP contribution is 2.21. The lowest BCUT2D eigenvalue weighted by Gasteiger charge is -2.07. The molecule has 2 aromatic rings. The fourth-order valence-electron chi connectivity index (χ4n) is 1.79. The number of amides is 1. The van der Waals surface area contributed by atoms with Crippen LogP contribution in [0.2, 0.25) is 0 Å². The van der Waals surface area contributed by atoms with Gasteiger partial charge in [0.2, 0.25) is 5.91 Å². The summed E-state index contributed by atoms with van der Waals surface area (Å²) in [6.07, 6.45) is 4.99. The van der Waals surface area contributed by atoms with E-state index in [0.29, 0.717) is 11.1 Å². The lowest BCUT2D eigenvalue weighted by atomic mass is 10.2. The highest BCUT2D eigenvalue weighted by Gasteiger charge is 2.06. The Morgan fingerprint density at radius 3 is 2.96 bits per heavy atom. The molecule has 1 aromatic heterocycles. The third-order valence-corrected chi connectivity index (χ3v) is 3.45. The van der Waals surface area contributed by atoms with E-state index in [1.807, 2.05) is 31.2 Å². The van der Waals surface area contributed by atoms with Crippen molar-refractivity contribution in [1.82, 2.24) is 4.98 Å². The van der Waals surface area contributed by atoms with Crippen molar-refractivity contribution in [2.45, 2.75) is 13.3 Å². The van der Waals surface area contributed by atoms with Gasteiger partial charge >= 0.3 is 0 Å². The molecule has 0 aliphatic heterocycles. The van der Waals surface area contributed by atoms with Crippen molar-refractivity contribution in [3.05, 3.63) is 58.5 Å². The summed E-state index contributed by atoms with van der Waals surface area (Å²) in [6, 6.07) is 8.70. The van der Waals surface area contributed by atoms with Gasteiger partial charge in [0.15, 0.2) is 0 Å². The molecule has 0 radical (unpaired) electrons. The predicted octanol–water partition coefficient (Wildman–Crippen LogP) is 4.42. The number of carbonyl (C=O) groups is 1. The van der Waals surface area contributed by atoms with E-state index in [4.69, 9.17) is 4.74 Å². The zero-order valence-electron chi connectivity index (χ0n) is 12.6. The van der Waals surface area contributed by atoms with Crippen LogP contribution in [0.25, 0.3) is 6.08 Å². The number of halogens is 2. The predicted molar refractivity (Wildman–Crippen MR) is 91.8 cm³/mol. The Morgan fingerprint density at radius 2 is 2.22 bits per heavy atom. The van der Waals surface area contributed by atoms with E-state index >= 15 is 0 Å². The smallest absolute Gasteiger partial charge is 0.249 e. The summed E-state index contributed by atoms with van der Waals surface area (Å²) < 4.78 is 19.0. The number of nitrogens with zero attached hydrogens (tertiary/aromatic N) is 1. The third-order valence-electron chi connectivity index (χ3n) is 2.84. The van der Waals surface area contributed by atoms with Crippen molar-refractivity contribution in [3.63, 3.8) is 0 Å². The van der Waals surface area contributed by atoms with Crippen LogP contribution in [-0.2, 0) is 4.79 Å². The number of para-hydroxylation sites is 1. The van der Waals surface area contributed by atoms with Crippen LogP contribution in [0.3, 0.4) is 0 Å². The number of aromatic nitrogens is 1. The van der Waals surface area contributed by atoms with Crippen LogP contribution >= 0.6 is 15.9 Å². The van der Waals surface area contributed by atoms with Gasteiger partial charge in [-0.2, -0.15) is 0 Å². The van der Waals surface area contributed by atoms with Crippen LogP contribution in [0.5, 0.6) is 5.75 Å². The van der Waals surface area contributed by atoms with E-state index in [9.17, 15) is 9.18 Å². The molecule has 0 spiro atoms. The summed E-state index contributed by atoms with van der Waals surface area (Å²) in [5, 5.41) is 2.58. The first-order valence-electron chi connectivity index (χ1n) is 7.12. The van der Waals surface area contributed by atoms with Gasteiger partial charge in [0.05, 0.1) is 17.3 Å². The number of rotatable bonds is 6. The van der Waals surface area contributed by atoms with E-state index < -0.39 is 5.82 Å². The molecule has 1 heterocycles. The molecule has 23 heavy (non-hydrogen) atoms. The van der Waals surface area contributed by atoms with E-state index in [-0.39, 0.29) is 11.7 Å². The highest BCUT2D eigenvalue weighted by atomic mass is 79.9. The molecule has 0 aliphatic rings. The van der Waals surface area contributed by atoms with E-state index in [2.05, 4.69) is 26.2 Å². The fourth-order valence-corrected chi connectivity index (χ4v) is 2.21. The van der Waals surface area contributed by atoms with E-state index in [1.54, 1.807) is 6.08 Å². The van der Waals surface area contributed by atoms with Gasteiger partial charge in [-0.05, 0) is 40.6 Å². The Labute approximate surface area is 142 Å². The largest absolute Gasteiger partial charge is 0.493 e. The topological polar surface area (TPSA) is 51.2 Å². The lowest BCUT2D eigenvalue weighted by molar-refractivity contribution is -0.111. The molecule has 1 amide bonds. The lowest BCUT2D eigenvalue weighted by Crippen LogP contribution is -2.10. The summed E-state index contributed by atoms with van der Waals surface area (Å²) in [5.41, 5.74) is 0.808. The Bertz CT molecular complexity index is 719. The number of nitrogens with one attached hydrogen (secondary N) is 1. The first-order valence-corrected chi connectivity index (χ1v) is 7.91. The zero-order chi connectivity index (χ0) is 16.7. The Kier molecular flexibility index (Phi) is 6.29. The maximum Gasteiger partial charge on any atom is 0.249 e. The third kappa shape index (κ3) is 5.17. The molecule has 120 valence electrons. The SMILES string of the molecule is CCCOc1ccccc1/C=C/C(=O)Nc1ncc(F)cc1Br. The molecule has 4 nitrogen and oxygen atoms in total. The van der Waals surface area contributed by atoms with Gasteiger partial charge < -0.3 is 10.1 Å². The van der Waals surface area contributed by atoms with Crippen molar-refractivity contribution in [2.24, 2.45) is 0 Å². The van der Waals surface area contributed by atoms with Gasteiger partial charge in [0, 0.05) is 11.6 Å². The normalized spacial score (nSPS) is 10.7. The molecule has 0 fully saturated rings. The average Bonchev–Trinajstić information content (AvgIpc) is 2.54. The monoisotopic (exact) mass is 378 g/mol. The second-order valence-electron chi connectivity index (χ2n) is 4.69. The van der Waals surface area contributed by atoms with Crippen LogP contribution in [0.4, 0.5) is 10.2 Å². The first-order chi connectivity index (χ1) is 11.1. The molecule has 1 N–H and O–H groups in total. The van der Waals surface area contributed by atoms with E-state index in [1.165, 1.54) is 12.1 Å². The first kappa shape index (κ1) is 17.1. The zero-order valence-corrected chi connectivity index (χ0v) is 14.1. The molecule has 1 aromatic carbocycles. The molecular formula is C17H16BrFN2O2. The van der Waals surface area contributed by atoms with Crippen LogP contribution in [0.15, 0.2) is 47.1 Å². The molecule has 0 saturated heterocycles. The molecular weight excluding hydrogens is 363 g/mol. The van der Waals surface area contributed by atoms with Crippen LogP contribution < -0.4 is 10.1 Å². The fraction of sp³-hybridized carbons (Fsp3) is 0.176. The van der Waals surface area contributed by atoms with Crippen molar-refractivity contribution in [2.75, 3.05) is 11.9 Å². The van der Waals surface area contributed by atoms with Crippen LogP contribution in [0, 0.1) is 5.82 Å². The van der Waals surface area contributed by atoms with Gasteiger partial charge in [0.25, 0.3) is 0 Å². The number of hydrogen-bond acceptors (Lipinski definition) is 3. The van der Waals surface area contributed by atoms with Gasteiger partial charge in [-0.15, -0.1) is 0 Å². The molecule has 0 aliphatic carbocycles. The Hall–Kier alpha value is -2.21. The van der Waals surface area contributed by atoms with Crippen LogP contribution in [0.1, 0.15) is 18.9 Å². The number of pyridine rings is 1. The molecule has 6 heteroatoms. The van der Waals surface area contributed by atoms with Gasteiger partial charge in [-0.3, -0.25) is 4.79 Å².